The molecule has 0 unspecified atom stereocenters. The Labute approximate surface area is 88.8 Å². The van der Waals surface area contributed by atoms with Crippen LogP contribution in [0.5, 0.6) is 0 Å². The van der Waals surface area contributed by atoms with Crippen molar-refractivity contribution in [3.05, 3.63) is 0 Å². The lowest BCUT2D eigenvalue weighted by molar-refractivity contribution is -0.122. The number of carbonyl (C=O) groups is 1. The monoisotopic (exact) mass is 223 g/mol. The minimum absolute atomic E-state index is 0.0124. The number of nitrogens with zero attached hydrogens (tertiary/aromatic N) is 1. The summed E-state index contributed by atoms with van der Waals surface area (Å²) in [6.45, 7) is 2.66. The molecule has 0 heterocycles. The molecule has 0 radical (unpaired) electrons. The summed E-state index contributed by atoms with van der Waals surface area (Å²) in [5, 5.41) is 2.63. The quantitative estimate of drug-likeness (QED) is 0.611. The van der Waals surface area contributed by atoms with E-state index >= 15 is 0 Å². The van der Waals surface area contributed by atoms with Crippen LogP contribution in [0.2, 0.25) is 0 Å². The van der Waals surface area contributed by atoms with Crippen LogP contribution in [0.15, 0.2) is 0 Å². The van der Waals surface area contributed by atoms with E-state index in [9.17, 15) is 13.6 Å². The molecule has 90 valence electrons. The number of halogens is 2. The average Bonchev–Trinajstić information content (AvgIpc) is 2.14. The molecule has 0 saturated heterocycles. The first-order valence-corrected chi connectivity index (χ1v) is 5.07. The fourth-order valence-corrected chi connectivity index (χ4v) is 1.14. The molecule has 0 spiro atoms. The van der Waals surface area contributed by atoms with Gasteiger partial charge in [-0.25, -0.2) is 8.78 Å². The third-order valence-electron chi connectivity index (χ3n) is 1.78. The van der Waals surface area contributed by atoms with Crippen molar-refractivity contribution < 1.29 is 13.6 Å². The smallest absolute Gasteiger partial charge is 0.251 e. The maximum atomic E-state index is 12.1. The number of alkyl halides is 2. The largest absolute Gasteiger partial charge is 0.355 e. The molecule has 0 aliphatic rings. The van der Waals surface area contributed by atoms with E-state index in [0.29, 0.717) is 13.1 Å². The van der Waals surface area contributed by atoms with Gasteiger partial charge in [-0.1, -0.05) is 6.92 Å². The molecule has 0 aromatic carbocycles. The minimum atomic E-state index is -2.43. The summed E-state index contributed by atoms with van der Waals surface area (Å²) in [6.07, 6.45) is -1.60. The Bertz CT molecular complexity index is 179. The third-order valence-corrected chi connectivity index (χ3v) is 1.78. The van der Waals surface area contributed by atoms with Crippen molar-refractivity contribution in [2.45, 2.75) is 19.8 Å². The first-order chi connectivity index (χ1) is 7.10. The summed E-state index contributed by atoms with van der Waals surface area (Å²) < 4.78 is 24.2. The lowest BCUT2D eigenvalue weighted by Crippen LogP contribution is -2.41. The van der Waals surface area contributed by atoms with Gasteiger partial charge in [0.1, 0.15) is 0 Å². The maximum Gasteiger partial charge on any atom is 0.251 e. The standard InChI is InChI=1S/C9H19F2N3O/c1-2-4-13-9(15)7-14(5-3-12)6-8(10)11/h8H,2-7,12H2,1H3,(H,13,15). The molecule has 0 aliphatic carbocycles. The zero-order valence-electron chi connectivity index (χ0n) is 9.01. The molecule has 0 aromatic rings. The van der Waals surface area contributed by atoms with Crippen LogP contribution in [0, 0.1) is 0 Å². The number of nitrogens with one attached hydrogen (secondary N) is 1. The molecule has 0 aromatic heterocycles. The van der Waals surface area contributed by atoms with Gasteiger partial charge in [-0.05, 0) is 6.42 Å². The van der Waals surface area contributed by atoms with Gasteiger partial charge in [0.25, 0.3) is 6.43 Å². The van der Waals surface area contributed by atoms with Crippen molar-refractivity contribution in [2.75, 3.05) is 32.7 Å². The Hall–Kier alpha value is -0.750. The number of rotatable bonds is 8. The van der Waals surface area contributed by atoms with Crippen LogP contribution in [0.25, 0.3) is 0 Å². The fraction of sp³-hybridized carbons (Fsp3) is 0.889. The van der Waals surface area contributed by atoms with Crippen LogP contribution in [0.1, 0.15) is 13.3 Å². The molecular weight excluding hydrogens is 204 g/mol. The molecule has 4 nitrogen and oxygen atoms in total. The molecule has 1 amide bonds. The van der Waals surface area contributed by atoms with Gasteiger partial charge >= 0.3 is 0 Å². The SMILES string of the molecule is CCCNC(=O)CN(CCN)CC(F)F. The molecule has 0 rings (SSSR count). The molecular formula is C9H19F2N3O. The van der Waals surface area contributed by atoms with E-state index in [0.717, 1.165) is 6.42 Å². The zero-order valence-corrected chi connectivity index (χ0v) is 9.01. The van der Waals surface area contributed by atoms with Gasteiger partial charge in [0.2, 0.25) is 5.91 Å². The minimum Gasteiger partial charge on any atom is -0.355 e. The second kappa shape index (κ2) is 8.55. The van der Waals surface area contributed by atoms with Crippen molar-refractivity contribution in [2.24, 2.45) is 5.73 Å². The first kappa shape index (κ1) is 14.2. The fourth-order valence-electron chi connectivity index (χ4n) is 1.14. The zero-order chi connectivity index (χ0) is 11.7. The van der Waals surface area contributed by atoms with E-state index in [4.69, 9.17) is 5.73 Å². The van der Waals surface area contributed by atoms with Gasteiger partial charge in [0.05, 0.1) is 13.1 Å². The number of hydrogen-bond donors (Lipinski definition) is 2. The highest BCUT2D eigenvalue weighted by atomic mass is 19.3. The van der Waals surface area contributed by atoms with E-state index in [-0.39, 0.29) is 19.0 Å². The molecule has 0 saturated carbocycles. The van der Waals surface area contributed by atoms with Crippen LogP contribution in [-0.4, -0.2) is 50.0 Å². The van der Waals surface area contributed by atoms with E-state index in [2.05, 4.69) is 5.32 Å². The summed E-state index contributed by atoms with van der Waals surface area (Å²) in [5.74, 6) is -0.231. The Morgan fingerprint density at radius 1 is 1.53 bits per heavy atom. The van der Waals surface area contributed by atoms with Crippen LogP contribution in [-0.2, 0) is 4.79 Å². The Morgan fingerprint density at radius 2 is 2.20 bits per heavy atom. The van der Waals surface area contributed by atoms with Crippen LogP contribution < -0.4 is 11.1 Å². The topological polar surface area (TPSA) is 58.4 Å². The predicted molar refractivity (Wildman–Crippen MR) is 54.8 cm³/mol. The van der Waals surface area contributed by atoms with Crippen molar-refractivity contribution >= 4 is 5.91 Å². The molecule has 0 aliphatic heterocycles. The number of nitrogens with two attached hydrogens (primary N) is 1. The van der Waals surface area contributed by atoms with Gasteiger partial charge in [0.15, 0.2) is 0 Å². The lowest BCUT2D eigenvalue weighted by Gasteiger charge is -2.20. The van der Waals surface area contributed by atoms with E-state index < -0.39 is 13.0 Å². The summed E-state index contributed by atoms with van der Waals surface area (Å²) >= 11 is 0. The highest BCUT2D eigenvalue weighted by Gasteiger charge is 2.14. The number of amides is 1. The van der Waals surface area contributed by atoms with Crippen molar-refractivity contribution in [3.63, 3.8) is 0 Å². The molecule has 0 bridgehead atoms. The van der Waals surface area contributed by atoms with Gasteiger partial charge < -0.3 is 11.1 Å². The Balaban J connectivity index is 3.86. The van der Waals surface area contributed by atoms with E-state index in [1.54, 1.807) is 0 Å². The molecule has 15 heavy (non-hydrogen) atoms. The first-order valence-electron chi connectivity index (χ1n) is 5.07. The highest BCUT2D eigenvalue weighted by molar-refractivity contribution is 5.77. The average molecular weight is 223 g/mol. The third kappa shape index (κ3) is 8.26. The normalized spacial score (nSPS) is 11.1. The van der Waals surface area contributed by atoms with Gasteiger partial charge in [-0.15, -0.1) is 0 Å². The van der Waals surface area contributed by atoms with Crippen molar-refractivity contribution in [1.29, 1.82) is 0 Å². The summed E-state index contributed by atoms with van der Waals surface area (Å²) in [7, 11) is 0. The summed E-state index contributed by atoms with van der Waals surface area (Å²) in [6, 6.07) is 0. The molecule has 3 N–H and O–H groups in total. The van der Waals surface area contributed by atoms with E-state index in [1.165, 1.54) is 4.90 Å². The summed E-state index contributed by atoms with van der Waals surface area (Å²) in [4.78, 5) is 12.6. The second-order valence-corrected chi connectivity index (χ2v) is 3.26. The lowest BCUT2D eigenvalue weighted by atomic mass is 10.4. The second-order valence-electron chi connectivity index (χ2n) is 3.26. The number of carbonyl (C=O) groups excluding carboxylic acids is 1. The highest BCUT2D eigenvalue weighted by Crippen LogP contribution is 1.97. The van der Waals surface area contributed by atoms with Gasteiger partial charge in [-0.3, -0.25) is 9.69 Å². The summed E-state index contributed by atoms with van der Waals surface area (Å²) in [5.41, 5.74) is 5.26. The van der Waals surface area contributed by atoms with Gasteiger partial charge in [0, 0.05) is 19.6 Å². The Kier molecular flexibility index (Phi) is 8.12. The van der Waals surface area contributed by atoms with E-state index in [1.807, 2.05) is 6.92 Å². The van der Waals surface area contributed by atoms with Crippen LogP contribution in [0.3, 0.4) is 0 Å². The van der Waals surface area contributed by atoms with Crippen LogP contribution in [0.4, 0.5) is 8.78 Å². The number of hydrogen-bond acceptors (Lipinski definition) is 3. The van der Waals surface area contributed by atoms with Crippen LogP contribution >= 0.6 is 0 Å². The molecule has 0 fully saturated rings. The van der Waals surface area contributed by atoms with Gasteiger partial charge in [-0.2, -0.15) is 0 Å². The maximum absolute atomic E-state index is 12.1. The van der Waals surface area contributed by atoms with Crippen molar-refractivity contribution in [3.8, 4) is 0 Å². The van der Waals surface area contributed by atoms with Crippen molar-refractivity contribution in [1.82, 2.24) is 10.2 Å². The predicted octanol–water partition coefficient (Wildman–Crippen LogP) is 0.0384. The molecule has 0 atom stereocenters. The Morgan fingerprint density at radius 3 is 2.67 bits per heavy atom. The molecule has 6 heteroatoms.